The molecular formula is C18H30O3. The maximum Gasteiger partial charge on any atom is 0.124 e. The number of methoxy groups -OCH3 is 1. The van der Waals surface area contributed by atoms with E-state index < -0.39 is 6.10 Å². The summed E-state index contributed by atoms with van der Waals surface area (Å²) < 4.78 is 10.9. The van der Waals surface area contributed by atoms with Crippen LogP contribution in [0.4, 0.5) is 0 Å². The lowest BCUT2D eigenvalue weighted by molar-refractivity contribution is 0.0332. The normalized spacial score (nSPS) is 12.4. The molecule has 3 heteroatoms. The van der Waals surface area contributed by atoms with E-state index in [2.05, 4.69) is 6.92 Å². The van der Waals surface area contributed by atoms with Crippen molar-refractivity contribution in [3.05, 3.63) is 29.3 Å². The van der Waals surface area contributed by atoms with E-state index in [9.17, 15) is 5.11 Å². The van der Waals surface area contributed by atoms with Gasteiger partial charge in [0.1, 0.15) is 11.9 Å². The van der Waals surface area contributed by atoms with E-state index in [-0.39, 0.29) is 0 Å². The number of unbranched alkanes of at least 4 members (excludes halogenated alkanes) is 5. The number of aliphatic hydroxyl groups excluding tert-OH is 1. The van der Waals surface area contributed by atoms with Gasteiger partial charge in [-0.15, -0.1) is 0 Å². The number of hydrogen-bond donors (Lipinski definition) is 1. The van der Waals surface area contributed by atoms with Crippen LogP contribution in [0.15, 0.2) is 18.2 Å². The summed E-state index contributed by atoms with van der Waals surface area (Å²) in [5.41, 5.74) is 1.92. The Morgan fingerprint density at radius 2 is 1.81 bits per heavy atom. The van der Waals surface area contributed by atoms with E-state index in [0.717, 1.165) is 29.9 Å². The minimum Gasteiger partial charge on any atom is -0.496 e. The summed E-state index contributed by atoms with van der Waals surface area (Å²) in [4.78, 5) is 0. The molecule has 1 aromatic carbocycles. The Labute approximate surface area is 129 Å². The van der Waals surface area contributed by atoms with Crippen molar-refractivity contribution in [3.8, 4) is 5.75 Å². The summed E-state index contributed by atoms with van der Waals surface area (Å²) in [5, 5.41) is 10.2. The third kappa shape index (κ3) is 6.96. The van der Waals surface area contributed by atoms with E-state index in [4.69, 9.17) is 9.47 Å². The summed E-state index contributed by atoms with van der Waals surface area (Å²) in [6.07, 6.45) is 6.87. The zero-order chi connectivity index (χ0) is 15.5. The Morgan fingerprint density at radius 3 is 2.52 bits per heavy atom. The predicted octanol–water partition coefficient (Wildman–Crippen LogP) is 4.41. The minimum atomic E-state index is -0.625. The maximum atomic E-state index is 10.2. The highest BCUT2D eigenvalue weighted by atomic mass is 16.5. The third-order valence-electron chi connectivity index (χ3n) is 3.66. The summed E-state index contributed by atoms with van der Waals surface area (Å²) in [6, 6.07) is 5.82. The first-order valence-electron chi connectivity index (χ1n) is 8.09. The standard InChI is InChI=1S/C18H30O3/c1-4-5-6-7-8-9-12-21-14-17(19)16-13-15(2)10-11-18(16)20-3/h10-11,13,17,19H,4-9,12,14H2,1-3H3. The van der Waals surface area contributed by atoms with Crippen molar-refractivity contribution in [2.24, 2.45) is 0 Å². The molecule has 1 atom stereocenters. The van der Waals surface area contributed by atoms with Crippen LogP contribution in [0.25, 0.3) is 0 Å². The lowest BCUT2D eigenvalue weighted by Crippen LogP contribution is -2.09. The Hall–Kier alpha value is -1.06. The van der Waals surface area contributed by atoms with Gasteiger partial charge in [-0.1, -0.05) is 50.7 Å². The lowest BCUT2D eigenvalue weighted by atomic mass is 10.1. The van der Waals surface area contributed by atoms with Crippen LogP contribution in [-0.2, 0) is 4.74 Å². The van der Waals surface area contributed by atoms with Crippen molar-refractivity contribution in [2.45, 2.75) is 58.5 Å². The van der Waals surface area contributed by atoms with Gasteiger partial charge >= 0.3 is 0 Å². The van der Waals surface area contributed by atoms with Crippen molar-refractivity contribution in [2.75, 3.05) is 20.3 Å². The first-order valence-corrected chi connectivity index (χ1v) is 8.09. The fourth-order valence-electron chi connectivity index (χ4n) is 2.38. The topological polar surface area (TPSA) is 38.7 Å². The van der Waals surface area contributed by atoms with Crippen LogP contribution in [-0.4, -0.2) is 25.4 Å². The zero-order valence-corrected chi connectivity index (χ0v) is 13.7. The van der Waals surface area contributed by atoms with Gasteiger partial charge < -0.3 is 14.6 Å². The van der Waals surface area contributed by atoms with Crippen LogP contribution in [0.1, 0.15) is 62.7 Å². The van der Waals surface area contributed by atoms with Crippen LogP contribution >= 0.6 is 0 Å². The van der Waals surface area contributed by atoms with Crippen LogP contribution in [0.3, 0.4) is 0 Å². The van der Waals surface area contributed by atoms with Crippen molar-refractivity contribution < 1.29 is 14.6 Å². The summed E-state index contributed by atoms with van der Waals surface area (Å²) >= 11 is 0. The molecule has 0 radical (unpaired) electrons. The van der Waals surface area contributed by atoms with Gasteiger partial charge in [0.25, 0.3) is 0 Å². The molecule has 1 unspecified atom stereocenters. The van der Waals surface area contributed by atoms with Gasteiger partial charge in [-0.05, 0) is 25.5 Å². The van der Waals surface area contributed by atoms with E-state index in [1.165, 1.54) is 32.1 Å². The van der Waals surface area contributed by atoms with E-state index >= 15 is 0 Å². The number of aliphatic hydroxyl groups is 1. The van der Waals surface area contributed by atoms with Crippen LogP contribution in [0.5, 0.6) is 5.75 Å². The number of benzene rings is 1. The van der Waals surface area contributed by atoms with E-state index in [0.29, 0.717) is 6.61 Å². The number of hydrogen-bond acceptors (Lipinski definition) is 3. The fraction of sp³-hybridized carbons (Fsp3) is 0.667. The Kier molecular flexibility index (Phi) is 9.11. The minimum absolute atomic E-state index is 0.328. The second-order valence-electron chi connectivity index (χ2n) is 5.60. The molecule has 1 aromatic rings. The molecule has 21 heavy (non-hydrogen) atoms. The fourth-order valence-corrected chi connectivity index (χ4v) is 2.38. The molecule has 120 valence electrons. The molecule has 0 aliphatic carbocycles. The van der Waals surface area contributed by atoms with Gasteiger partial charge in [0.15, 0.2) is 0 Å². The molecule has 0 fully saturated rings. The second-order valence-corrected chi connectivity index (χ2v) is 5.60. The summed E-state index contributed by atoms with van der Waals surface area (Å²) in [7, 11) is 1.62. The Balaban J connectivity index is 2.24. The molecule has 0 aliphatic rings. The first kappa shape index (κ1) is 18.0. The second kappa shape index (κ2) is 10.6. The number of ether oxygens (including phenoxy) is 2. The number of aryl methyl sites for hydroxylation is 1. The Bertz CT molecular complexity index is 390. The van der Waals surface area contributed by atoms with E-state index in [1.54, 1.807) is 7.11 Å². The lowest BCUT2D eigenvalue weighted by Gasteiger charge is -2.15. The van der Waals surface area contributed by atoms with Crippen molar-refractivity contribution >= 4 is 0 Å². The highest BCUT2D eigenvalue weighted by Gasteiger charge is 2.13. The average molecular weight is 294 g/mol. The molecule has 0 aromatic heterocycles. The molecule has 3 nitrogen and oxygen atoms in total. The highest BCUT2D eigenvalue weighted by Crippen LogP contribution is 2.26. The molecule has 0 saturated carbocycles. The van der Waals surface area contributed by atoms with E-state index in [1.807, 2.05) is 25.1 Å². The van der Waals surface area contributed by atoms with Crippen LogP contribution in [0, 0.1) is 6.92 Å². The highest BCUT2D eigenvalue weighted by molar-refractivity contribution is 5.38. The van der Waals surface area contributed by atoms with Crippen molar-refractivity contribution in [1.82, 2.24) is 0 Å². The molecule has 0 bridgehead atoms. The largest absolute Gasteiger partial charge is 0.496 e. The molecule has 1 rings (SSSR count). The average Bonchev–Trinajstić information content (AvgIpc) is 2.49. The summed E-state index contributed by atoms with van der Waals surface area (Å²) in [5.74, 6) is 0.719. The summed E-state index contributed by atoms with van der Waals surface area (Å²) in [6.45, 7) is 5.28. The van der Waals surface area contributed by atoms with Crippen LogP contribution in [0.2, 0.25) is 0 Å². The van der Waals surface area contributed by atoms with Gasteiger partial charge in [0.05, 0.1) is 13.7 Å². The van der Waals surface area contributed by atoms with Gasteiger partial charge in [0, 0.05) is 12.2 Å². The molecule has 0 spiro atoms. The first-order chi connectivity index (χ1) is 10.2. The zero-order valence-electron chi connectivity index (χ0n) is 13.7. The smallest absolute Gasteiger partial charge is 0.124 e. The molecule has 1 N–H and O–H groups in total. The molecule has 0 saturated heterocycles. The van der Waals surface area contributed by atoms with Crippen molar-refractivity contribution in [1.29, 1.82) is 0 Å². The molecular weight excluding hydrogens is 264 g/mol. The number of rotatable bonds is 11. The molecule has 0 amide bonds. The van der Waals surface area contributed by atoms with Gasteiger partial charge in [-0.3, -0.25) is 0 Å². The maximum absolute atomic E-state index is 10.2. The molecule has 0 heterocycles. The van der Waals surface area contributed by atoms with Gasteiger partial charge in [0.2, 0.25) is 0 Å². The van der Waals surface area contributed by atoms with Crippen molar-refractivity contribution in [3.63, 3.8) is 0 Å². The quantitative estimate of drug-likeness (QED) is 0.614. The predicted molar refractivity (Wildman–Crippen MR) is 86.9 cm³/mol. The van der Waals surface area contributed by atoms with Crippen LogP contribution < -0.4 is 4.74 Å². The van der Waals surface area contributed by atoms with Gasteiger partial charge in [-0.25, -0.2) is 0 Å². The molecule has 0 aliphatic heterocycles. The third-order valence-corrected chi connectivity index (χ3v) is 3.66. The monoisotopic (exact) mass is 294 g/mol. The van der Waals surface area contributed by atoms with Gasteiger partial charge in [-0.2, -0.15) is 0 Å². The Morgan fingerprint density at radius 1 is 1.10 bits per heavy atom. The SMILES string of the molecule is CCCCCCCCOCC(O)c1cc(C)ccc1OC.